The van der Waals surface area contributed by atoms with Gasteiger partial charge in [0.25, 0.3) is 0 Å². The number of hydrogen-bond donors (Lipinski definition) is 4. The fraction of sp³-hybridized carbons (Fsp3) is 0.548. The van der Waals surface area contributed by atoms with Gasteiger partial charge < -0.3 is 35.1 Å². The molecule has 1 amide bonds. The van der Waals surface area contributed by atoms with E-state index in [1.165, 1.54) is 25.7 Å². The summed E-state index contributed by atoms with van der Waals surface area (Å²) in [5.41, 5.74) is 2.70. The normalized spacial score (nSPS) is 14.2. The molecule has 0 radical (unpaired) electrons. The first-order chi connectivity index (χ1) is 20.0. The first-order valence-electron chi connectivity index (χ1n) is 14.8. The lowest BCUT2D eigenvalue weighted by atomic mass is 10.1. The van der Waals surface area contributed by atoms with Crippen molar-refractivity contribution < 1.29 is 19.4 Å². The van der Waals surface area contributed by atoms with E-state index < -0.39 is 0 Å². The highest BCUT2D eigenvalue weighted by Gasteiger charge is 2.24. The third-order valence-electron chi connectivity index (χ3n) is 7.88. The lowest BCUT2D eigenvalue weighted by molar-refractivity contribution is -0.133. The Morgan fingerprint density at radius 3 is 2.46 bits per heavy atom. The van der Waals surface area contributed by atoms with E-state index in [-0.39, 0.29) is 16.5 Å². The predicted octanol–water partition coefficient (Wildman–Crippen LogP) is 4.22. The number of carbonyl (C=O) groups is 1. The molecule has 1 aliphatic carbocycles. The fourth-order valence-electron chi connectivity index (χ4n) is 5.63. The van der Waals surface area contributed by atoms with Crippen LogP contribution < -0.4 is 25.0 Å². The summed E-state index contributed by atoms with van der Waals surface area (Å²) in [5.74, 6) is 1.77. The van der Waals surface area contributed by atoms with Crippen LogP contribution in [-0.2, 0) is 17.6 Å². The van der Waals surface area contributed by atoms with E-state index in [4.69, 9.17) is 9.47 Å². The van der Waals surface area contributed by atoms with Crippen molar-refractivity contribution in [1.29, 1.82) is 0 Å². The summed E-state index contributed by atoms with van der Waals surface area (Å²) in [6.07, 6.45) is 9.10. The predicted molar refractivity (Wildman–Crippen MR) is 165 cm³/mol. The van der Waals surface area contributed by atoms with Crippen molar-refractivity contribution in [2.24, 2.45) is 0 Å². The molecule has 1 heterocycles. The quantitative estimate of drug-likeness (QED) is 0.156. The Labute approximate surface area is 246 Å². The minimum atomic E-state index is -0.163. The van der Waals surface area contributed by atoms with Gasteiger partial charge in [-0.25, -0.2) is 0 Å². The molecule has 10 heteroatoms. The standard InChI is InChI=1S/C31H44N4O5S/c1-39-26-12-9-22(21-27(26)40-2)13-16-32-18-15-28(37)35(24-7-5-3-4-6-8-24)20-19-33-17-14-23-10-11-25(36)29-30(23)41-31(38)34-29/h9-12,21,24,32-33,36H,3-8,13-20H2,1-2H3,(H,34,38). The summed E-state index contributed by atoms with van der Waals surface area (Å²) >= 11 is 1.13. The lowest BCUT2D eigenvalue weighted by Gasteiger charge is -2.32. The van der Waals surface area contributed by atoms with E-state index in [0.29, 0.717) is 31.1 Å². The molecule has 1 fully saturated rings. The highest BCUT2D eigenvalue weighted by Crippen LogP contribution is 2.29. The molecular weight excluding hydrogens is 540 g/mol. The molecule has 1 aromatic heterocycles. The maximum Gasteiger partial charge on any atom is 0.305 e. The van der Waals surface area contributed by atoms with E-state index in [1.807, 2.05) is 24.3 Å². The molecule has 2 aromatic carbocycles. The van der Waals surface area contributed by atoms with Gasteiger partial charge in [0.05, 0.1) is 18.9 Å². The first-order valence-corrected chi connectivity index (χ1v) is 15.6. The second-order valence-corrected chi connectivity index (χ2v) is 11.6. The van der Waals surface area contributed by atoms with Crippen LogP contribution in [0.1, 0.15) is 56.1 Å². The molecule has 41 heavy (non-hydrogen) atoms. The number of hydrogen-bond acceptors (Lipinski definition) is 8. The van der Waals surface area contributed by atoms with Gasteiger partial charge in [-0.1, -0.05) is 49.2 Å². The van der Waals surface area contributed by atoms with Gasteiger partial charge in [-0.05, 0) is 68.1 Å². The summed E-state index contributed by atoms with van der Waals surface area (Å²) < 4.78 is 11.5. The second kappa shape index (κ2) is 15.8. The number of thiazole rings is 1. The smallest absolute Gasteiger partial charge is 0.305 e. The Morgan fingerprint density at radius 2 is 1.71 bits per heavy atom. The third kappa shape index (κ3) is 8.70. The first kappa shape index (κ1) is 30.9. The number of nitrogens with zero attached hydrogens (tertiary/aromatic N) is 1. The minimum absolute atomic E-state index is 0.100. The summed E-state index contributed by atoms with van der Waals surface area (Å²) in [6, 6.07) is 9.78. The van der Waals surface area contributed by atoms with E-state index in [2.05, 4.69) is 20.5 Å². The Kier molecular flexibility index (Phi) is 11.9. The Morgan fingerprint density at radius 1 is 0.976 bits per heavy atom. The number of methoxy groups -OCH3 is 2. The van der Waals surface area contributed by atoms with Gasteiger partial charge in [0, 0.05) is 32.1 Å². The van der Waals surface area contributed by atoms with Crippen molar-refractivity contribution in [2.75, 3.05) is 46.9 Å². The fourth-order valence-corrected chi connectivity index (χ4v) is 6.53. The second-order valence-electron chi connectivity index (χ2n) is 10.6. The number of ether oxygens (including phenoxy) is 2. The summed E-state index contributed by atoms with van der Waals surface area (Å²) in [4.78, 5) is 29.8. The number of benzene rings is 2. The number of amides is 1. The third-order valence-corrected chi connectivity index (χ3v) is 8.84. The monoisotopic (exact) mass is 584 g/mol. The molecular formula is C31H44N4O5S. The van der Waals surface area contributed by atoms with Crippen molar-refractivity contribution in [2.45, 2.75) is 63.8 Å². The van der Waals surface area contributed by atoms with Crippen LogP contribution >= 0.6 is 11.3 Å². The highest BCUT2D eigenvalue weighted by atomic mass is 32.1. The molecule has 1 aliphatic rings. The number of aromatic amines is 1. The summed E-state index contributed by atoms with van der Waals surface area (Å²) in [5, 5.41) is 17.0. The summed E-state index contributed by atoms with van der Waals surface area (Å²) in [7, 11) is 3.27. The molecule has 4 rings (SSSR count). The van der Waals surface area contributed by atoms with Crippen LogP contribution in [0.5, 0.6) is 17.2 Å². The Bertz CT molecular complexity index is 1320. The van der Waals surface area contributed by atoms with Crippen molar-refractivity contribution in [3.63, 3.8) is 0 Å². The van der Waals surface area contributed by atoms with Gasteiger partial charge in [-0.15, -0.1) is 0 Å². The van der Waals surface area contributed by atoms with E-state index >= 15 is 0 Å². The molecule has 0 aliphatic heterocycles. The number of H-pyrrole nitrogens is 1. The van der Waals surface area contributed by atoms with Gasteiger partial charge in [-0.2, -0.15) is 0 Å². The van der Waals surface area contributed by atoms with Crippen LogP contribution in [0, 0.1) is 0 Å². The zero-order chi connectivity index (χ0) is 29.0. The van der Waals surface area contributed by atoms with Crippen LogP contribution in [-0.4, -0.2) is 73.9 Å². The van der Waals surface area contributed by atoms with Crippen LogP contribution in [0.3, 0.4) is 0 Å². The number of aromatic hydroxyl groups is 1. The van der Waals surface area contributed by atoms with Crippen LogP contribution in [0.2, 0.25) is 0 Å². The number of fused-ring (bicyclic) bond motifs is 1. The number of aromatic nitrogens is 1. The average molecular weight is 585 g/mol. The average Bonchev–Trinajstić information content (AvgIpc) is 3.19. The van der Waals surface area contributed by atoms with Gasteiger partial charge >= 0.3 is 4.87 Å². The molecule has 9 nitrogen and oxygen atoms in total. The molecule has 0 spiro atoms. The Hall–Kier alpha value is -3.08. The van der Waals surface area contributed by atoms with Gasteiger partial charge in [-0.3, -0.25) is 9.59 Å². The number of nitrogens with one attached hydrogen (secondary N) is 3. The van der Waals surface area contributed by atoms with Crippen molar-refractivity contribution >= 4 is 27.5 Å². The van der Waals surface area contributed by atoms with Crippen LogP contribution in [0.25, 0.3) is 10.2 Å². The van der Waals surface area contributed by atoms with Crippen molar-refractivity contribution in [1.82, 2.24) is 20.5 Å². The topological polar surface area (TPSA) is 116 Å². The maximum absolute atomic E-state index is 13.4. The van der Waals surface area contributed by atoms with Crippen molar-refractivity contribution in [3.8, 4) is 17.2 Å². The van der Waals surface area contributed by atoms with Gasteiger partial charge in [0.1, 0.15) is 11.3 Å². The van der Waals surface area contributed by atoms with E-state index in [0.717, 1.165) is 84.0 Å². The zero-order valence-corrected chi connectivity index (χ0v) is 25.1. The molecule has 0 unspecified atom stereocenters. The van der Waals surface area contributed by atoms with E-state index in [1.54, 1.807) is 20.3 Å². The van der Waals surface area contributed by atoms with Crippen LogP contribution in [0.15, 0.2) is 35.1 Å². The lowest BCUT2D eigenvalue weighted by Crippen LogP contribution is -2.45. The van der Waals surface area contributed by atoms with Gasteiger partial charge in [0.15, 0.2) is 11.5 Å². The molecule has 3 aromatic rings. The number of phenols is 1. The van der Waals surface area contributed by atoms with Crippen LogP contribution in [0.4, 0.5) is 0 Å². The molecule has 0 saturated heterocycles. The zero-order valence-electron chi connectivity index (χ0n) is 24.3. The van der Waals surface area contributed by atoms with Gasteiger partial charge in [0.2, 0.25) is 5.91 Å². The van der Waals surface area contributed by atoms with Crippen molar-refractivity contribution in [3.05, 3.63) is 51.1 Å². The Balaban J connectivity index is 1.24. The number of carbonyl (C=O) groups excluding carboxylic acids is 1. The number of rotatable bonds is 15. The molecule has 0 bridgehead atoms. The number of phenolic OH excluding ortho intramolecular Hbond substituents is 1. The minimum Gasteiger partial charge on any atom is -0.506 e. The highest BCUT2D eigenvalue weighted by molar-refractivity contribution is 7.16. The summed E-state index contributed by atoms with van der Waals surface area (Å²) in [6.45, 7) is 3.58. The molecule has 4 N–H and O–H groups in total. The SMILES string of the molecule is COc1ccc(CCNCCC(=O)N(CCNCCc2ccc(O)c3[nH]c(=O)sc23)C2CCCCCC2)cc1OC. The maximum atomic E-state index is 13.4. The molecule has 0 atom stereocenters. The molecule has 1 saturated carbocycles. The molecule has 224 valence electrons. The van der Waals surface area contributed by atoms with E-state index in [9.17, 15) is 14.7 Å². The largest absolute Gasteiger partial charge is 0.506 e.